The van der Waals surface area contributed by atoms with E-state index in [9.17, 15) is 29.4 Å². The van der Waals surface area contributed by atoms with E-state index in [1.165, 1.54) is 15.9 Å². The Balaban J connectivity index is 1.83. The maximum absolute atomic E-state index is 13.3. The first-order valence-electron chi connectivity index (χ1n) is 13.1. The van der Waals surface area contributed by atoms with E-state index >= 15 is 0 Å². The number of ether oxygens (including phenoxy) is 1. The van der Waals surface area contributed by atoms with Crippen LogP contribution in [0.5, 0.6) is 0 Å². The van der Waals surface area contributed by atoms with Crippen molar-refractivity contribution in [3.05, 3.63) is 47.8 Å². The summed E-state index contributed by atoms with van der Waals surface area (Å²) in [6.07, 6.45) is -1.39. The number of piperazine rings is 1. The van der Waals surface area contributed by atoms with Gasteiger partial charge in [0.15, 0.2) is 5.82 Å². The quantitative estimate of drug-likeness (QED) is 0.392. The minimum absolute atomic E-state index is 0.0654. The lowest BCUT2D eigenvalue weighted by molar-refractivity contribution is -0.138. The summed E-state index contributed by atoms with van der Waals surface area (Å²) in [4.78, 5) is 61.7. The molecule has 2 heterocycles. The Morgan fingerprint density at radius 1 is 1.05 bits per heavy atom. The topological polar surface area (TPSA) is 162 Å². The molecule has 2 atom stereocenters. The van der Waals surface area contributed by atoms with Crippen LogP contribution in [0.1, 0.15) is 49.3 Å². The summed E-state index contributed by atoms with van der Waals surface area (Å²) < 4.78 is 5.00. The largest absolute Gasteiger partial charge is 0.481 e. The van der Waals surface area contributed by atoms with Crippen molar-refractivity contribution in [1.29, 1.82) is 0 Å². The van der Waals surface area contributed by atoms with Gasteiger partial charge < -0.3 is 30.1 Å². The molecule has 3 rings (SSSR count). The molecule has 1 unspecified atom stereocenters. The second-order valence-corrected chi connectivity index (χ2v) is 8.99. The number of aliphatic carboxylic acids is 1. The second-order valence-electron chi connectivity index (χ2n) is 8.99. The van der Waals surface area contributed by atoms with Crippen LogP contribution >= 0.6 is 0 Å². The van der Waals surface area contributed by atoms with E-state index in [0.29, 0.717) is 12.0 Å². The lowest BCUT2D eigenvalue weighted by atomic mass is 10.1. The van der Waals surface area contributed by atoms with Crippen molar-refractivity contribution in [3.8, 4) is 23.2 Å². The van der Waals surface area contributed by atoms with Gasteiger partial charge in [0.05, 0.1) is 6.61 Å². The standard InChI is InChI=1S/C28H33N5O7/c1-3-21(34)11-10-20-18-23(30-25(29-20)19-8-6-5-7-9-19)26(37)31-22(12-13-24(35)36)27(38)32-14-16-33(17-15-32)28(39)40-4-2/h5-9,18,21-22,34H,3-4,12-17H2,1-2H3,(H,31,37)(H,35,36)/t21-,22?/m0/s1. The van der Waals surface area contributed by atoms with Gasteiger partial charge in [-0.2, -0.15) is 0 Å². The molecule has 3 N–H and O–H groups in total. The number of benzene rings is 1. The molecule has 12 heteroatoms. The maximum Gasteiger partial charge on any atom is 0.409 e. The number of nitrogens with zero attached hydrogens (tertiary/aromatic N) is 4. The molecule has 0 saturated carbocycles. The molecule has 1 fully saturated rings. The van der Waals surface area contributed by atoms with Gasteiger partial charge in [-0.25, -0.2) is 14.8 Å². The third-order valence-corrected chi connectivity index (χ3v) is 6.11. The highest BCUT2D eigenvalue weighted by atomic mass is 16.6. The van der Waals surface area contributed by atoms with Gasteiger partial charge in [-0.15, -0.1) is 0 Å². The van der Waals surface area contributed by atoms with Crippen molar-refractivity contribution >= 4 is 23.9 Å². The third-order valence-electron chi connectivity index (χ3n) is 6.11. The molecular formula is C28H33N5O7. The predicted molar refractivity (Wildman–Crippen MR) is 144 cm³/mol. The molecule has 1 saturated heterocycles. The number of carbonyl (C=O) groups excluding carboxylic acids is 3. The van der Waals surface area contributed by atoms with Gasteiger partial charge in [0.1, 0.15) is 23.5 Å². The Labute approximate surface area is 232 Å². The molecule has 1 aromatic carbocycles. The third kappa shape index (κ3) is 8.51. The lowest BCUT2D eigenvalue weighted by Crippen LogP contribution is -2.56. The highest BCUT2D eigenvalue weighted by Gasteiger charge is 2.31. The first-order chi connectivity index (χ1) is 19.2. The van der Waals surface area contributed by atoms with Crippen molar-refractivity contribution < 1.29 is 34.1 Å². The Kier molecular flexibility index (Phi) is 11.0. The molecule has 1 aliphatic rings. The molecule has 212 valence electrons. The minimum atomic E-state index is -1.13. The molecule has 2 aromatic rings. The molecule has 1 aliphatic heterocycles. The summed E-state index contributed by atoms with van der Waals surface area (Å²) >= 11 is 0. The molecule has 0 radical (unpaired) electrons. The highest BCUT2D eigenvalue weighted by Crippen LogP contribution is 2.16. The van der Waals surface area contributed by atoms with Crippen LogP contribution in [0.3, 0.4) is 0 Å². The van der Waals surface area contributed by atoms with E-state index in [1.54, 1.807) is 38.1 Å². The summed E-state index contributed by atoms with van der Waals surface area (Å²) in [6, 6.07) is 9.16. The number of nitrogens with one attached hydrogen (secondary N) is 1. The van der Waals surface area contributed by atoms with Crippen molar-refractivity contribution in [2.45, 2.75) is 45.3 Å². The van der Waals surface area contributed by atoms with Crippen molar-refractivity contribution in [3.63, 3.8) is 0 Å². The smallest absolute Gasteiger partial charge is 0.409 e. The van der Waals surface area contributed by atoms with Gasteiger partial charge in [0.2, 0.25) is 5.91 Å². The number of carbonyl (C=O) groups is 4. The summed E-state index contributed by atoms with van der Waals surface area (Å²) in [5.41, 5.74) is 0.772. The van der Waals surface area contributed by atoms with Crippen molar-refractivity contribution in [1.82, 2.24) is 25.1 Å². The number of aromatic nitrogens is 2. The Morgan fingerprint density at radius 2 is 1.73 bits per heavy atom. The maximum atomic E-state index is 13.3. The van der Waals surface area contributed by atoms with E-state index in [0.717, 1.165) is 0 Å². The fourth-order valence-electron chi connectivity index (χ4n) is 3.91. The average Bonchev–Trinajstić information content (AvgIpc) is 2.97. The monoisotopic (exact) mass is 551 g/mol. The first-order valence-corrected chi connectivity index (χ1v) is 13.1. The number of hydrogen-bond acceptors (Lipinski definition) is 8. The van der Waals surface area contributed by atoms with Crippen LogP contribution in [0.2, 0.25) is 0 Å². The number of aliphatic hydroxyl groups excluding tert-OH is 1. The van der Waals surface area contributed by atoms with Gasteiger partial charge in [-0.3, -0.25) is 14.4 Å². The van der Waals surface area contributed by atoms with E-state index in [1.807, 2.05) is 6.07 Å². The summed E-state index contributed by atoms with van der Waals surface area (Å²) in [6.45, 7) is 4.65. The molecule has 3 amide bonds. The van der Waals surface area contributed by atoms with Crippen LogP contribution in [-0.4, -0.2) is 98.8 Å². The van der Waals surface area contributed by atoms with E-state index in [4.69, 9.17) is 4.74 Å². The normalized spacial score (nSPS) is 14.4. The van der Waals surface area contributed by atoms with Crippen LogP contribution < -0.4 is 5.32 Å². The first kappa shape index (κ1) is 30.0. The van der Waals surface area contributed by atoms with E-state index in [2.05, 4.69) is 27.1 Å². The number of carboxylic acids is 1. The van der Waals surface area contributed by atoms with Gasteiger partial charge >= 0.3 is 12.1 Å². The predicted octanol–water partition coefficient (Wildman–Crippen LogP) is 1.53. The number of carboxylic acid groups (broad SMARTS) is 1. The molecule has 1 aromatic heterocycles. The van der Waals surface area contributed by atoms with Gasteiger partial charge in [-0.1, -0.05) is 43.2 Å². The highest BCUT2D eigenvalue weighted by molar-refractivity contribution is 5.96. The summed E-state index contributed by atoms with van der Waals surface area (Å²) in [5.74, 6) is 3.39. The van der Waals surface area contributed by atoms with Crippen LogP contribution in [0.25, 0.3) is 11.4 Å². The number of amides is 3. The Morgan fingerprint density at radius 3 is 2.35 bits per heavy atom. The fraction of sp³-hybridized carbons (Fsp3) is 0.429. The number of rotatable bonds is 9. The number of aliphatic hydroxyl groups is 1. The van der Waals surface area contributed by atoms with Crippen molar-refractivity contribution in [2.75, 3.05) is 32.8 Å². The van der Waals surface area contributed by atoms with E-state index in [-0.39, 0.29) is 62.8 Å². The average molecular weight is 552 g/mol. The molecule has 0 aliphatic carbocycles. The van der Waals surface area contributed by atoms with Crippen LogP contribution in [0.15, 0.2) is 36.4 Å². The second kappa shape index (κ2) is 14.6. The zero-order chi connectivity index (χ0) is 29.1. The zero-order valence-electron chi connectivity index (χ0n) is 22.5. The minimum Gasteiger partial charge on any atom is -0.481 e. The van der Waals surface area contributed by atoms with Crippen LogP contribution in [0.4, 0.5) is 4.79 Å². The fourth-order valence-corrected chi connectivity index (χ4v) is 3.91. The number of hydrogen-bond donors (Lipinski definition) is 3. The Hall–Kier alpha value is -4.50. The van der Waals surface area contributed by atoms with Gasteiger partial charge in [-0.05, 0) is 25.7 Å². The summed E-state index contributed by atoms with van der Waals surface area (Å²) in [5, 5.41) is 21.7. The molecular weight excluding hydrogens is 518 g/mol. The lowest BCUT2D eigenvalue weighted by Gasteiger charge is -2.35. The molecule has 12 nitrogen and oxygen atoms in total. The van der Waals surface area contributed by atoms with Crippen LogP contribution in [0, 0.1) is 11.8 Å². The van der Waals surface area contributed by atoms with Crippen molar-refractivity contribution in [2.24, 2.45) is 0 Å². The Bertz CT molecular complexity index is 1270. The summed E-state index contributed by atoms with van der Waals surface area (Å²) in [7, 11) is 0. The zero-order valence-corrected chi connectivity index (χ0v) is 22.5. The molecule has 0 bridgehead atoms. The SMILES string of the molecule is CCOC(=O)N1CCN(C(=O)C(CCC(=O)O)NC(=O)c2cc(C#C[C@@H](O)CC)nc(-c3ccccc3)n2)CC1. The molecule has 40 heavy (non-hydrogen) atoms. The van der Waals surface area contributed by atoms with Crippen LogP contribution in [-0.2, 0) is 14.3 Å². The van der Waals surface area contributed by atoms with E-state index < -0.39 is 36.0 Å². The van der Waals surface area contributed by atoms with Gasteiger partial charge in [0, 0.05) is 44.2 Å². The van der Waals surface area contributed by atoms with Gasteiger partial charge in [0.25, 0.3) is 5.91 Å². The molecule has 0 spiro atoms.